The van der Waals surface area contributed by atoms with Gasteiger partial charge in [-0.05, 0) is 100 Å². The number of aliphatic hydroxyl groups excluding tert-OH is 1. The fraction of sp³-hybridized carbons (Fsp3) is 0.250. The topological polar surface area (TPSA) is 221 Å². The number of para-hydroxylation sites is 1. The highest BCUT2D eigenvalue weighted by molar-refractivity contribution is 6.23. The number of ether oxygens (including phenoxy) is 5. The number of nitro groups is 1. The van der Waals surface area contributed by atoms with E-state index in [-0.39, 0.29) is 63.2 Å². The van der Waals surface area contributed by atoms with Crippen molar-refractivity contribution in [2.45, 2.75) is 49.3 Å². The highest BCUT2D eigenvalue weighted by Gasteiger charge is 2.76. The first kappa shape index (κ1) is 53.4. The van der Waals surface area contributed by atoms with E-state index in [0.717, 1.165) is 21.5 Å². The zero-order valence-corrected chi connectivity index (χ0v) is 45.1. The number of carbonyl (C=O) groups is 4. The lowest BCUT2D eigenvalue weighted by Gasteiger charge is -2.46. The third-order valence-corrected chi connectivity index (χ3v) is 16.4. The number of rotatable bonds is 13. The quantitative estimate of drug-likeness (QED) is 0.0503. The molecular formula is C64H54N8O12. The third-order valence-electron chi connectivity index (χ3n) is 16.4. The van der Waals surface area contributed by atoms with Crippen LogP contribution in [0.3, 0.4) is 0 Å². The number of cyclic esters (lactones) is 1. The summed E-state index contributed by atoms with van der Waals surface area (Å²) in [4.78, 5) is 82.5. The number of amides is 3. The molecule has 0 bridgehead atoms. The minimum atomic E-state index is -2.13. The van der Waals surface area contributed by atoms with Gasteiger partial charge in [0.05, 0.1) is 40.7 Å². The van der Waals surface area contributed by atoms with Crippen molar-refractivity contribution in [3.05, 3.63) is 219 Å². The predicted molar refractivity (Wildman–Crippen MR) is 303 cm³/mol. The van der Waals surface area contributed by atoms with Crippen LogP contribution in [0.25, 0.3) is 11.0 Å². The summed E-state index contributed by atoms with van der Waals surface area (Å²) < 4.78 is 31.5. The molecule has 3 fully saturated rings. The van der Waals surface area contributed by atoms with Gasteiger partial charge in [-0.3, -0.25) is 34.3 Å². The van der Waals surface area contributed by atoms with Crippen molar-refractivity contribution in [1.29, 1.82) is 0 Å². The van der Waals surface area contributed by atoms with Gasteiger partial charge in [0.25, 0.3) is 5.69 Å². The van der Waals surface area contributed by atoms with Crippen LogP contribution in [0.5, 0.6) is 17.2 Å². The second-order valence-corrected chi connectivity index (χ2v) is 21.1. The molecule has 13 rings (SSSR count). The number of esters is 1. The van der Waals surface area contributed by atoms with Gasteiger partial charge < -0.3 is 33.7 Å². The van der Waals surface area contributed by atoms with Gasteiger partial charge >= 0.3 is 12.1 Å². The standard InChI is InChI=1S/C64H54N8O12/c73-34-35-80-48-25-21-46(22-26-48)59-64(49-36-41(10-9-29-69-52-16-8-7-15-50(52)65-66-69)19-27-51(49)70(62(64)76)63(77)81-39-42-17-23-47(24-18-42)72(78)79)55(60(74)68-32-30-67(31-33-68)38-43-20-28-53-54(37-43)83-40-82-53)57-61(75)84-58(45-13-5-2-6-14-45)56(71(57)59)44-11-3-1-4-12-44/h1-8,11-28,36-37,55-59,73H,29-35,38-40H2/t55-,56-,57-,58+,59+,64-/m1/s1. The molecule has 0 aliphatic carbocycles. The summed E-state index contributed by atoms with van der Waals surface area (Å²) in [5.41, 5.74) is 3.24. The van der Waals surface area contributed by atoms with Crippen molar-refractivity contribution in [1.82, 2.24) is 29.7 Å². The minimum absolute atomic E-state index is 0.00186. The molecule has 7 aromatic carbocycles. The molecule has 20 nitrogen and oxygen atoms in total. The first-order valence-electron chi connectivity index (χ1n) is 27.6. The summed E-state index contributed by atoms with van der Waals surface area (Å²) >= 11 is 0. The fourth-order valence-corrected chi connectivity index (χ4v) is 12.6. The Balaban J connectivity index is 0.992. The van der Waals surface area contributed by atoms with E-state index in [9.17, 15) is 15.2 Å². The van der Waals surface area contributed by atoms with E-state index in [0.29, 0.717) is 64.7 Å². The number of non-ortho nitro benzene ring substituents is 1. The number of nitrogens with zero attached hydrogens (tertiary/aromatic N) is 8. The van der Waals surface area contributed by atoms with Gasteiger partial charge in [-0.1, -0.05) is 108 Å². The van der Waals surface area contributed by atoms with E-state index in [1.807, 2.05) is 108 Å². The molecule has 3 amide bonds. The van der Waals surface area contributed by atoms with E-state index in [2.05, 4.69) is 27.1 Å². The molecule has 3 saturated heterocycles. The lowest BCUT2D eigenvalue weighted by molar-refractivity contribution is -0.384. The number of aliphatic hydroxyl groups is 1. The van der Waals surface area contributed by atoms with Gasteiger partial charge in [0.15, 0.2) is 11.5 Å². The first-order chi connectivity index (χ1) is 41.1. The average molecular weight is 1130 g/mol. The van der Waals surface area contributed by atoms with E-state index in [1.54, 1.807) is 52.0 Å². The molecule has 0 unspecified atom stereocenters. The molecule has 0 radical (unpaired) electrons. The number of benzene rings is 7. The fourth-order valence-electron chi connectivity index (χ4n) is 12.6. The highest BCUT2D eigenvalue weighted by atomic mass is 16.7. The van der Waals surface area contributed by atoms with Crippen molar-refractivity contribution >= 4 is 46.3 Å². The maximum absolute atomic E-state index is 17.0. The molecular weight excluding hydrogens is 1070 g/mol. The molecule has 1 N–H and O–H groups in total. The maximum Gasteiger partial charge on any atom is 0.421 e. The van der Waals surface area contributed by atoms with Gasteiger partial charge in [0.1, 0.15) is 48.6 Å². The zero-order valence-electron chi connectivity index (χ0n) is 45.1. The van der Waals surface area contributed by atoms with Gasteiger partial charge in [0.2, 0.25) is 18.6 Å². The Kier molecular flexibility index (Phi) is 14.3. The highest BCUT2D eigenvalue weighted by Crippen LogP contribution is 2.66. The van der Waals surface area contributed by atoms with Gasteiger partial charge in [-0.2, -0.15) is 0 Å². The van der Waals surface area contributed by atoms with Crippen LogP contribution in [0.4, 0.5) is 16.2 Å². The van der Waals surface area contributed by atoms with Crippen LogP contribution in [0.2, 0.25) is 0 Å². The number of fused-ring (bicyclic) bond motifs is 5. The van der Waals surface area contributed by atoms with Crippen LogP contribution in [-0.2, 0) is 49.0 Å². The number of carbonyl (C=O) groups excluding carboxylic acids is 4. The second-order valence-electron chi connectivity index (χ2n) is 21.1. The Bertz CT molecular complexity index is 3900. The first-order valence-corrected chi connectivity index (χ1v) is 27.6. The summed E-state index contributed by atoms with van der Waals surface area (Å²) in [6.45, 7) is 1.52. The Labute approximate surface area is 481 Å². The number of piperazine rings is 1. The van der Waals surface area contributed by atoms with Crippen LogP contribution in [0.15, 0.2) is 170 Å². The second kappa shape index (κ2) is 22.4. The monoisotopic (exact) mass is 1130 g/mol. The summed E-state index contributed by atoms with van der Waals surface area (Å²) in [5.74, 6) is 4.59. The molecule has 20 heteroatoms. The molecule has 1 aromatic heterocycles. The summed E-state index contributed by atoms with van der Waals surface area (Å²) in [7, 11) is 0. The minimum Gasteiger partial charge on any atom is -0.491 e. The molecule has 6 atom stereocenters. The predicted octanol–water partition coefficient (Wildman–Crippen LogP) is 7.84. The van der Waals surface area contributed by atoms with E-state index in [1.165, 1.54) is 24.3 Å². The van der Waals surface area contributed by atoms with Crippen LogP contribution >= 0.6 is 0 Å². The molecule has 5 aliphatic rings. The largest absolute Gasteiger partial charge is 0.491 e. The number of nitro benzene ring substituents is 1. The SMILES string of the molecule is O=C1O[C@@H](c2ccccc2)[C@@H](c2ccccc2)N2[C@@H](c3ccc(OCCO)cc3)[C@]3(C(=O)N(C(=O)OCc4ccc([N+](=O)[O-])cc4)c4ccc(C#CCn5nnc6ccccc65)cc43)[C@@H](C(=O)N3CCN(Cc4ccc5c(c4)OCO5)CC3)[C@H]12. The van der Waals surface area contributed by atoms with E-state index < -0.39 is 64.4 Å². The molecule has 5 aliphatic heterocycles. The Hall–Kier alpha value is -9.94. The normalized spacial score (nSPS) is 21.6. The van der Waals surface area contributed by atoms with Crippen molar-refractivity contribution in [3.63, 3.8) is 0 Å². The smallest absolute Gasteiger partial charge is 0.421 e. The van der Waals surface area contributed by atoms with Crippen LogP contribution < -0.4 is 19.1 Å². The number of hydrogen-bond donors (Lipinski definition) is 1. The molecule has 84 heavy (non-hydrogen) atoms. The van der Waals surface area contributed by atoms with Crippen LogP contribution in [-0.4, -0.2) is 116 Å². The van der Waals surface area contributed by atoms with Crippen LogP contribution in [0, 0.1) is 27.9 Å². The number of imide groups is 1. The molecule has 8 aromatic rings. The molecule has 6 heterocycles. The Morgan fingerprint density at radius 1 is 0.762 bits per heavy atom. The third kappa shape index (κ3) is 9.56. The van der Waals surface area contributed by atoms with Crippen molar-refractivity contribution < 1.29 is 52.9 Å². The molecule has 0 saturated carbocycles. The Morgan fingerprint density at radius 3 is 2.23 bits per heavy atom. The lowest BCUT2D eigenvalue weighted by Crippen LogP contribution is -2.59. The van der Waals surface area contributed by atoms with E-state index in [4.69, 9.17) is 23.7 Å². The van der Waals surface area contributed by atoms with Crippen molar-refractivity contribution in [2.75, 3.05) is 51.1 Å². The van der Waals surface area contributed by atoms with Gasteiger partial charge in [-0.25, -0.2) is 14.4 Å². The number of morpholine rings is 1. The van der Waals surface area contributed by atoms with Crippen molar-refractivity contribution in [3.8, 4) is 29.1 Å². The van der Waals surface area contributed by atoms with E-state index >= 15 is 19.2 Å². The molecule has 1 spiro atoms. The summed E-state index contributed by atoms with van der Waals surface area (Å²) in [6.07, 6.45) is -2.06. The zero-order chi connectivity index (χ0) is 57.5. The Morgan fingerprint density at radius 2 is 1.48 bits per heavy atom. The van der Waals surface area contributed by atoms with Crippen molar-refractivity contribution in [2.24, 2.45) is 5.92 Å². The summed E-state index contributed by atoms with van der Waals surface area (Å²) in [5, 5.41) is 29.9. The lowest BCUT2D eigenvalue weighted by atomic mass is 9.65. The summed E-state index contributed by atoms with van der Waals surface area (Å²) in [6, 6.07) is 46.1. The number of anilines is 1. The van der Waals surface area contributed by atoms with Crippen LogP contribution in [0.1, 0.15) is 57.1 Å². The number of aromatic nitrogens is 3. The average Bonchev–Trinajstić information content (AvgIpc) is 1.72. The molecule has 422 valence electrons. The van der Waals surface area contributed by atoms with Gasteiger partial charge in [-0.15, -0.1) is 5.10 Å². The maximum atomic E-state index is 17.0. The van der Waals surface area contributed by atoms with Gasteiger partial charge in [0, 0.05) is 50.4 Å². The number of hydrogen-bond acceptors (Lipinski definition) is 16.